The standard InChI is InChI=1S/C14H17N5O/c15-9-3-1-7-8-2-4-10(16)12(18)14(8)19(5-6-20)13(7)11(9)17/h1-4,20H,5-6,15-18H2. The van der Waals surface area contributed by atoms with Crippen LogP contribution in [0, 0.1) is 0 Å². The molecule has 6 heteroatoms. The van der Waals surface area contributed by atoms with E-state index in [-0.39, 0.29) is 6.61 Å². The number of nitrogen functional groups attached to an aromatic ring is 4. The van der Waals surface area contributed by atoms with E-state index in [9.17, 15) is 5.11 Å². The number of fused-ring (bicyclic) bond motifs is 3. The largest absolute Gasteiger partial charge is 0.397 e. The molecule has 1 aromatic heterocycles. The molecule has 0 radical (unpaired) electrons. The van der Waals surface area contributed by atoms with Gasteiger partial charge in [0.1, 0.15) is 0 Å². The van der Waals surface area contributed by atoms with Gasteiger partial charge in [-0.25, -0.2) is 0 Å². The van der Waals surface area contributed by atoms with Crippen LogP contribution in [-0.4, -0.2) is 16.3 Å². The van der Waals surface area contributed by atoms with Gasteiger partial charge in [0, 0.05) is 17.3 Å². The molecule has 3 rings (SSSR count). The fourth-order valence-corrected chi connectivity index (χ4v) is 2.70. The van der Waals surface area contributed by atoms with Crippen LogP contribution < -0.4 is 22.9 Å². The van der Waals surface area contributed by atoms with Crippen molar-refractivity contribution in [2.24, 2.45) is 0 Å². The molecule has 0 spiro atoms. The number of nitrogens with two attached hydrogens (primary N) is 4. The Kier molecular flexibility index (Phi) is 2.62. The van der Waals surface area contributed by atoms with Crippen LogP contribution in [0.4, 0.5) is 22.7 Å². The maximum Gasteiger partial charge on any atom is 0.0795 e. The first-order chi connectivity index (χ1) is 9.56. The van der Waals surface area contributed by atoms with Gasteiger partial charge in [-0.05, 0) is 24.3 Å². The second-order valence-electron chi connectivity index (χ2n) is 4.80. The number of rotatable bonds is 2. The van der Waals surface area contributed by atoms with Crippen LogP contribution in [-0.2, 0) is 6.54 Å². The van der Waals surface area contributed by atoms with Crippen LogP contribution in [0.5, 0.6) is 0 Å². The monoisotopic (exact) mass is 271 g/mol. The third kappa shape index (κ3) is 1.48. The van der Waals surface area contributed by atoms with Gasteiger partial charge in [-0.3, -0.25) is 0 Å². The van der Waals surface area contributed by atoms with Gasteiger partial charge in [0.15, 0.2) is 0 Å². The average Bonchev–Trinajstić information content (AvgIpc) is 2.74. The Bertz CT molecular complexity index is 756. The Morgan fingerprint density at radius 1 is 0.800 bits per heavy atom. The summed E-state index contributed by atoms with van der Waals surface area (Å²) in [7, 11) is 0. The highest BCUT2D eigenvalue weighted by Gasteiger charge is 2.17. The summed E-state index contributed by atoms with van der Waals surface area (Å²) < 4.78 is 1.88. The first kappa shape index (κ1) is 12.4. The lowest BCUT2D eigenvalue weighted by molar-refractivity contribution is 0.280. The van der Waals surface area contributed by atoms with Gasteiger partial charge in [-0.15, -0.1) is 0 Å². The molecule has 0 unspecified atom stereocenters. The average molecular weight is 271 g/mol. The zero-order valence-corrected chi connectivity index (χ0v) is 10.9. The lowest BCUT2D eigenvalue weighted by Gasteiger charge is -2.10. The van der Waals surface area contributed by atoms with Crippen molar-refractivity contribution in [3.63, 3.8) is 0 Å². The molecule has 3 aromatic rings. The number of aliphatic hydroxyl groups excluding tert-OH is 1. The molecular weight excluding hydrogens is 254 g/mol. The van der Waals surface area contributed by atoms with Gasteiger partial charge in [-0.1, -0.05) is 0 Å². The Labute approximate surface area is 115 Å². The summed E-state index contributed by atoms with van der Waals surface area (Å²) in [4.78, 5) is 0. The number of nitrogens with zero attached hydrogens (tertiary/aromatic N) is 1. The second-order valence-corrected chi connectivity index (χ2v) is 4.80. The first-order valence-electron chi connectivity index (χ1n) is 6.31. The number of hydrogen-bond donors (Lipinski definition) is 5. The molecule has 9 N–H and O–H groups in total. The van der Waals surface area contributed by atoms with Crippen LogP contribution >= 0.6 is 0 Å². The fourth-order valence-electron chi connectivity index (χ4n) is 2.70. The van der Waals surface area contributed by atoms with Gasteiger partial charge in [0.2, 0.25) is 0 Å². The molecule has 0 saturated heterocycles. The van der Waals surface area contributed by atoms with Crippen molar-refractivity contribution in [1.29, 1.82) is 0 Å². The van der Waals surface area contributed by atoms with E-state index >= 15 is 0 Å². The summed E-state index contributed by atoms with van der Waals surface area (Å²) in [5, 5.41) is 11.2. The van der Waals surface area contributed by atoms with E-state index in [1.807, 2.05) is 16.7 Å². The van der Waals surface area contributed by atoms with E-state index in [2.05, 4.69) is 0 Å². The van der Waals surface area contributed by atoms with Gasteiger partial charge < -0.3 is 32.6 Å². The highest BCUT2D eigenvalue weighted by Crippen LogP contribution is 2.39. The first-order valence-corrected chi connectivity index (χ1v) is 6.31. The normalized spacial score (nSPS) is 11.4. The van der Waals surface area contributed by atoms with E-state index in [4.69, 9.17) is 22.9 Å². The van der Waals surface area contributed by atoms with E-state index in [0.29, 0.717) is 29.3 Å². The Morgan fingerprint density at radius 3 is 1.65 bits per heavy atom. The predicted octanol–water partition coefficient (Wildman–Crippen LogP) is 1.12. The lowest BCUT2D eigenvalue weighted by Crippen LogP contribution is -2.06. The summed E-state index contributed by atoms with van der Waals surface area (Å²) in [6.45, 7) is 0.350. The molecule has 0 amide bonds. The van der Waals surface area contributed by atoms with Crippen LogP contribution in [0.25, 0.3) is 21.8 Å². The summed E-state index contributed by atoms with van der Waals surface area (Å²) in [6.07, 6.45) is 0. The second kappa shape index (κ2) is 4.21. The number of benzene rings is 2. The molecule has 104 valence electrons. The minimum absolute atomic E-state index is 0.0264. The molecule has 0 aliphatic carbocycles. The zero-order valence-electron chi connectivity index (χ0n) is 10.9. The third-order valence-corrected chi connectivity index (χ3v) is 3.66. The summed E-state index contributed by atoms with van der Waals surface area (Å²) in [6, 6.07) is 7.36. The molecule has 0 aliphatic rings. The quantitative estimate of drug-likeness (QED) is 0.446. The Balaban J connectivity index is 2.59. The fraction of sp³-hybridized carbons (Fsp3) is 0.143. The lowest BCUT2D eigenvalue weighted by atomic mass is 10.1. The predicted molar refractivity (Wildman–Crippen MR) is 84.2 cm³/mol. The van der Waals surface area contributed by atoms with Crippen molar-refractivity contribution in [2.75, 3.05) is 29.5 Å². The molecule has 0 atom stereocenters. The molecular formula is C14H17N5O. The van der Waals surface area contributed by atoms with Crippen LogP contribution in [0.15, 0.2) is 24.3 Å². The third-order valence-electron chi connectivity index (χ3n) is 3.66. The van der Waals surface area contributed by atoms with Gasteiger partial charge in [-0.2, -0.15) is 0 Å². The van der Waals surface area contributed by atoms with Crippen molar-refractivity contribution in [1.82, 2.24) is 4.57 Å². The number of aromatic nitrogens is 1. The summed E-state index contributed by atoms with van der Waals surface area (Å²) in [5.74, 6) is 0. The highest BCUT2D eigenvalue weighted by atomic mass is 16.3. The SMILES string of the molecule is Nc1ccc2c3ccc(N)c(N)c3n(CCO)c2c1N. The van der Waals surface area contributed by atoms with E-state index in [1.54, 1.807) is 12.1 Å². The van der Waals surface area contributed by atoms with Gasteiger partial charge >= 0.3 is 0 Å². The minimum Gasteiger partial charge on any atom is -0.397 e. The van der Waals surface area contributed by atoms with Crippen molar-refractivity contribution >= 4 is 44.6 Å². The smallest absolute Gasteiger partial charge is 0.0795 e. The van der Waals surface area contributed by atoms with Crippen LogP contribution in [0.2, 0.25) is 0 Å². The molecule has 0 fully saturated rings. The van der Waals surface area contributed by atoms with E-state index in [0.717, 1.165) is 21.8 Å². The van der Waals surface area contributed by atoms with Gasteiger partial charge in [0.05, 0.1) is 40.4 Å². The minimum atomic E-state index is -0.0264. The Morgan fingerprint density at radius 2 is 1.25 bits per heavy atom. The van der Waals surface area contributed by atoms with Crippen molar-refractivity contribution < 1.29 is 5.11 Å². The van der Waals surface area contributed by atoms with Gasteiger partial charge in [0.25, 0.3) is 0 Å². The molecule has 0 bridgehead atoms. The zero-order chi connectivity index (χ0) is 14.4. The molecule has 2 aromatic carbocycles. The molecule has 1 heterocycles. The van der Waals surface area contributed by atoms with Crippen molar-refractivity contribution in [3.05, 3.63) is 24.3 Å². The van der Waals surface area contributed by atoms with E-state index in [1.165, 1.54) is 0 Å². The highest BCUT2D eigenvalue weighted by molar-refractivity contribution is 6.17. The van der Waals surface area contributed by atoms with Crippen LogP contribution in [0.3, 0.4) is 0 Å². The summed E-state index contributed by atoms with van der Waals surface area (Å²) >= 11 is 0. The van der Waals surface area contributed by atoms with Crippen molar-refractivity contribution in [3.8, 4) is 0 Å². The molecule has 0 aliphatic heterocycles. The Hall–Kier alpha value is -2.60. The molecule has 6 nitrogen and oxygen atoms in total. The number of anilines is 4. The molecule has 0 saturated carbocycles. The summed E-state index contributed by atoms with van der Waals surface area (Å²) in [5.41, 5.74) is 27.5. The van der Waals surface area contributed by atoms with Crippen LogP contribution in [0.1, 0.15) is 0 Å². The number of aliphatic hydroxyl groups is 1. The number of hydrogen-bond acceptors (Lipinski definition) is 5. The topological polar surface area (TPSA) is 129 Å². The maximum absolute atomic E-state index is 9.31. The van der Waals surface area contributed by atoms with Crippen molar-refractivity contribution in [2.45, 2.75) is 6.54 Å². The maximum atomic E-state index is 9.31. The molecule has 20 heavy (non-hydrogen) atoms. The van der Waals surface area contributed by atoms with E-state index < -0.39 is 0 Å².